The first kappa shape index (κ1) is 26.7. The van der Waals surface area contributed by atoms with Gasteiger partial charge in [0, 0.05) is 18.8 Å². The van der Waals surface area contributed by atoms with E-state index in [1.165, 1.54) is 5.69 Å². The van der Waals surface area contributed by atoms with Crippen molar-refractivity contribution in [1.82, 2.24) is 0 Å². The second-order valence-corrected chi connectivity index (χ2v) is 10.5. The standard InChI is InChI=1S/C15H19NO4.C12H20O6/c1-3-12(17-9-15-10-20-15)4-2-11(1)16(5-13-7-18-13)6-14-8-19-14;1(13-3-10-5-16-10)9(15-7-12-8-18-12)2-14-4-11-6-17-11/h1-4,13-15H,5-10H2;9-12H,1-8H2. The smallest absolute Gasteiger partial charge is 0.119 e. The summed E-state index contributed by atoms with van der Waals surface area (Å²) in [6.45, 7) is 10.5. The predicted octanol–water partition coefficient (Wildman–Crippen LogP) is 0.669. The maximum atomic E-state index is 5.71. The lowest BCUT2D eigenvalue weighted by atomic mass is 10.2. The maximum Gasteiger partial charge on any atom is 0.119 e. The summed E-state index contributed by atoms with van der Waals surface area (Å²) in [6.07, 6.45) is 1.88. The fraction of sp³-hybridized carbons (Fsp3) is 0.778. The Morgan fingerprint density at radius 2 is 1.05 bits per heavy atom. The third kappa shape index (κ3) is 10.6. The first-order valence-corrected chi connectivity index (χ1v) is 13.7. The summed E-state index contributed by atoms with van der Waals surface area (Å²) in [5, 5.41) is 0. The van der Waals surface area contributed by atoms with Crippen LogP contribution < -0.4 is 9.64 Å². The van der Waals surface area contributed by atoms with E-state index < -0.39 is 0 Å². The molecule has 212 valence electrons. The van der Waals surface area contributed by atoms with Gasteiger partial charge in [0.2, 0.25) is 0 Å². The van der Waals surface area contributed by atoms with Crippen molar-refractivity contribution in [2.75, 3.05) is 97.3 Å². The van der Waals surface area contributed by atoms with Crippen molar-refractivity contribution in [3.8, 4) is 5.75 Å². The van der Waals surface area contributed by atoms with Crippen molar-refractivity contribution in [2.24, 2.45) is 0 Å². The lowest BCUT2D eigenvalue weighted by Crippen LogP contribution is -2.31. The normalized spacial score (nSPS) is 32.0. The highest BCUT2D eigenvalue weighted by Gasteiger charge is 2.31. The van der Waals surface area contributed by atoms with E-state index in [0.29, 0.717) is 58.0 Å². The zero-order valence-electron chi connectivity index (χ0n) is 21.8. The molecule has 7 rings (SSSR count). The van der Waals surface area contributed by atoms with Gasteiger partial charge in [-0.25, -0.2) is 0 Å². The summed E-state index contributed by atoms with van der Waals surface area (Å²) >= 11 is 0. The molecular formula is C27H39NO10. The quantitative estimate of drug-likeness (QED) is 0.232. The number of rotatable bonds is 19. The molecule has 0 N–H and O–H groups in total. The van der Waals surface area contributed by atoms with E-state index in [-0.39, 0.29) is 24.4 Å². The maximum absolute atomic E-state index is 5.71. The average Bonchev–Trinajstić information content (AvgIpc) is 3.71. The fourth-order valence-corrected chi connectivity index (χ4v) is 3.77. The van der Waals surface area contributed by atoms with E-state index in [1.54, 1.807) is 0 Å². The molecule has 6 heterocycles. The molecule has 0 radical (unpaired) electrons. The zero-order chi connectivity index (χ0) is 25.6. The summed E-state index contributed by atoms with van der Waals surface area (Å²) in [5.41, 5.74) is 1.20. The summed E-state index contributed by atoms with van der Waals surface area (Å²) in [7, 11) is 0. The molecule has 0 bridgehead atoms. The molecule has 0 amide bonds. The minimum Gasteiger partial charge on any atom is -0.491 e. The SMILES string of the molecule is C(OCC1CO1)C(COCC1CO1)OCC1CO1.c1cc(N(CC2CO2)CC2CO2)ccc1OCC1CO1. The second kappa shape index (κ2) is 13.2. The van der Waals surface area contributed by atoms with Gasteiger partial charge < -0.3 is 52.3 Å². The monoisotopic (exact) mass is 537 g/mol. The van der Waals surface area contributed by atoms with Crippen molar-refractivity contribution >= 4 is 5.69 Å². The molecule has 0 saturated carbocycles. The van der Waals surface area contributed by atoms with Crippen LogP contribution in [-0.4, -0.2) is 135 Å². The van der Waals surface area contributed by atoms with Crippen LogP contribution in [0.2, 0.25) is 0 Å². The molecule has 0 aromatic heterocycles. The number of anilines is 1. The van der Waals surface area contributed by atoms with E-state index in [4.69, 9.17) is 47.4 Å². The second-order valence-electron chi connectivity index (χ2n) is 10.5. The van der Waals surface area contributed by atoms with Crippen LogP contribution in [0.15, 0.2) is 24.3 Å². The van der Waals surface area contributed by atoms with E-state index in [0.717, 1.165) is 58.5 Å². The Morgan fingerprint density at radius 1 is 0.605 bits per heavy atom. The van der Waals surface area contributed by atoms with Gasteiger partial charge in [-0.15, -0.1) is 0 Å². The van der Waals surface area contributed by atoms with Crippen molar-refractivity contribution < 1.29 is 47.4 Å². The van der Waals surface area contributed by atoms with Gasteiger partial charge >= 0.3 is 0 Å². The molecule has 6 saturated heterocycles. The Bertz CT molecular complexity index is 803. The van der Waals surface area contributed by atoms with Gasteiger partial charge in [0.15, 0.2) is 0 Å². The summed E-state index contributed by atoms with van der Waals surface area (Å²) in [6, 6.07) is 8.25. The Morgan fingerprint density at radius 3 is 1.53 bits per heavy atom. The first-order chi connectivity index (χ1) is 18.8. The van der Waals surface area contributed by atoms with Crippen LogP contribution in [0.1, 0.15) is 0 Å². The van der Waals surface area contributed by atoms with Gasteiger partial charge in [-0.05, 0) is 24.3 Å². The van der Waals surface area contributed by atoms with Crippen LogP contribution in [0, 0.1) is 0 Å². The number of ether oxygens (including phenoxy) is 10. The van der Waals surface area contributed by atoms with Crippen LogP contribution in [-0.2, 0) is 42.6 Å². The number of epoxide rings is 6. The van der Waals surface area contributed by atoms with Gasteiger partial charge in [0.25, 0.3) is 0 Å². The van der Waals surface area contributed by atoms with Crippen LogP contribution in [0.25, 0.3) is 0 Å². The van der Waals surface area contributed by atoms with Gasteiger partial charge in [0.05, 0.1) is 84.9 Å². The largest absolute Gasteiger partial charge is 0.491 e. The Balaban J connectivity index is 0.000000140. The Kier molecular flexibility index (Phi) is 9.27. The number of hydrogen-bond acceptors (Lipinski definition) is 11. The van der Waals surface area contributed by atoms with Crippen molar-refractivity contribution in [3.05, 3.63) is 24.3 Å². The predicted molar refractivity (Wildman–Crippen MR) is 134 cm³/mol. The van der Waals surface area contributed by atoms with Crippen LogP contribution in [0.4, 0.5) is 5.69 Å². The molecule has 11 heteroatoms. The molecule has 38 heavy (non-hydrogen) atoms. The lowest BCUT2D eigenvalue weighted by Gasteiger charge is -2.23. The Hall–Kier alpha value is -1.54. The Labute approximate surface area is 223 Å². The van der Waals surface area contributed by atoms with E-state index in [1.807, 2.05) is 12.1 Å². The number of benzene rings is 1. The molecule has 11 nitrogen and oxygen atoms in total. The molecule has 1 aromatic carbocycles. The molecule has 6 aliphatic rings. The molecule has 6 aliphatic heterocycles. The average molecular weight is 538 g/mol. The minimum absolute atomic E-state index is 0.0355. The third-order valence-corrected chi connectivity index (χ3v) is 6.63. The summed E-state index contributed by atoms with van der Waals surface area (Å²) in [5.74, 6) is 0.898. The van der Waals surface area contributed by atoms with Crippen LogP contribution in [0.5, 0.6) is 5.75 Å². The zero-order valence-corrected chi connectivity index (χ0v) is 21.8. The van der Waals surface area contributed by atoms with Crippen molar-refractivity contribution in [2.45, 2.75) is 42.7 Å². The lowest BCUT2D eigenvalue weighted by molar-refractivity contribution is -0.0661. The third-order valence-electron chi connectivity index (χ3n) is 6.63. The summed E-state index contributed by atoms with van der Waals surface area (Å²) in [4.78, 5) is 2.34. The van der Waals surface area contributed by atoms with Gasteiger partial charge in [-0.2, -0.15) is 0 Å². The molecule has 6 unspecified atom stereocenters. The number of hydrogen-bond donors (Lipinski definition) is 0. The van der Waals surface area contributed by atoms with Gasteiger partial charge in [-0.3, -0.25) is 0 Å². The molecule has 1 aromatic rings. The highest BCUT2D eigenvalue weighted by Crippen LogP contribution is 2.25. The van der Waals surface area contributed by atoms with Crippen molar-refractivity contribution in [3.63, 3.8) is 0 Å². The highest BCUT2D eigenvalue weighted by atomic mass is 16.6. The molecule has 6 fully saturated rings. The van der Waals surface area contributed by atoms with Crippen LogP contribution >= 0.6 is 0 Å². The molecule has 0 aliphatic carbocycles. The van der Waals surface area contributed by atoms with Gasteiger partial charge in [0.1, 0.15) is 42.9 Å². The first-order valence-electron chi connectivity index (χ1n) is 13.7. The van der Waals surface area contributed by atoms with Gasteiger partial charge in [-0.1, -0.05) is 0 Å². The summed E-state index contributed by atoms with van der Waals surface area (Å²) < 4.78 is 53.6. The topological polar surface area (TPSA) is 115 Å². The minimum atomic E-state index is -0.0355. The van der Waals surface area contributed by atoms with E-state index >= 15 is 0 Å². The molecule has 0 spiro atoms. The highest BCUT2D eigenvalue weighted by molar-refractivity contribution is 5.49. The van der Waals surface area contributed by atoms with Crippen LogP contribution in [0.3, 0.4) is 0 Å². The number of nitrogens with zero attached hydrogens (tertiary/aromatic N) is 1. The molecular weight excluding hydrogens is 498 g/mol. The fourth-order valence-electron chi connectivity index (χ4n) is 3.77. The van der Waals surface area contributed by atoms with E-state index in [9.17, 15) is 0 Å². The van der Waals surface area contributed by atoms with Crippen molar-refractivity contribution in [1.29, 1.82) is 0 Å². The molecule has 6 atom stereocenters. The van der Waals surface area contributed by atoms with E-state index in [2.05, 4.69) is 17.0 Å².